The van der Waals surface area contributed by atoms with Crippen LogP contribution in [0.25, 0.3) is 5.69 Å². The second-order valence-electron chi connectivity index (χ2n) is 6.08. The molecule has 0 fully saturated rings. The largest absolute Gasteiger partial charge is 0.449 e. The number of ether oxygens (including phenoxy) is 1. The number of benzene rings is 2. The minimum absolute atomic E-state index is 0.0504. The lowest BCUT2D eigenvalue weighted by Gasteiger charge is -2.13. The van der Waals surface area contributed by atoms with Crippen LogP contribution in [0.2, 0.25) is 0 Å². The number of para-hydroxylation sites is 1. The number of carbonyl (C=O) groups is 2. The first-order valence-electron chi connectivity index (χ1n) is 8.26. The molecule has 0 bridgehead atoms. The molecule has 0 saturated heterocycles. The van der Waals surface area contributed by atoms with Crippen LogP contribution >= 0.6 is 0 Å². The highest BCUT2D eigenvalue weighted by molar-refractivity contribution is 6.02. The van der Waals surface area contributed by atoms with E-state index >= 15 is 0 Å². The standard InChI is InChI=1S/C20H19N3O3/c1-13-9-10-14(2)17(11-13)19(24)15(3)26-20(25)18-12-21-23(22-18)16-7-5-4-6-8-16/h4-12,15H,1-3H3. The van der Waals surface area contributed by atoms with Gasteiger partial charge in [-0.1, -0.05) is 35.9 Å². The molecular formula is C20H19N3O3. The van der Waals surface area contributed by atoms with Crippen molar-refractivity contribution in [2.24, 2.45) is 0 Å². The summed E-state index contributed by atoms with van der Waals surface area (Å²) in [7, 11) is 0. The zero-order chi connectivity index (χ0) is 18.7. The Morgan fingerprint density at radius 2 is 1.81 bits per heavy atom. The number of esters is 1. The Kier molecular flexibility index (Phi) is 4.93. The Morgan fingerprint density at radius 1 is 1.08 bits per heavy atom. The molecule has 26 heavy (non-hydrogen) atoms. The van der Waals surface area contributed by atoms with Gasteiger partial charge in [-0.15, -0.1) is 5.10 Å². The Morgan fingerprint density at radius 3 is 2.54 bits per heavy atom. The lowest BCUT2D eigenvalue weighted by molar-refractivity contribution is 0.0312. The van der Waals surface area contributed by atoms with Crippen LogP contribution < -0.4 is 0 Å². The van der Waals surface area contributed by atoms with Crippen LogP contribution in [0, 0.1) is 13.8 Å². The maximum absolute atomic E-state index is 12.6. The van der Waals surface area contributed by atoms with Crippen LogP contribution in [0.3, 0.4) is 0 Å². The van der Waals surface area contributed by atoms with Gasteiger partial charge in [0.25, 0.3) is 0 Å². The molecule has 0 spiro atoms. The molecule has 0 aliphatic carbocycles. The molecule has 3 rings (SSSR count). The summed E-state index contributed by atoms with van der Waals surface area (Å²) in [5.41, 5.74) is 3.15. The highest BCUT2D eigenvalue weighted by atomic mass is 16.5. The van der Waals surface area contributed by atoms with Crippen molar-refractivity contribution in [3.05, 3.63) is 77.1 Å². The fourth-order valence-electron chi connectivity index (χ4n) is 2.54. The molecule has 6 heteroatoms. The zero-order valence-electron chi connectivity index (χ0n) is 14.8. The number of ketones is 1. The third kappa shape index (κ3) is 3.69. The van der Waals surface area contributed by atoms with Gasteiger partial charge in [0, 0.05) is 5.56 Å². The first kappa shape index (κ1) is 17.5. The van der Waals surface area contributed by atoms with E-state index in [4.69, 9.17) is 4.74 Å². The molecule has 0 radical (unpaired) electrons. The molecule has 3 aromatic rings. The van der Waals surface area contributed by atoms with Crippen LogP contribution in [0.1, 0.15) is 38.9 Å². The molecule has 1 atom stereocenters. The maximum atomic E-state index is 12.6. The Hall–Kier alpha value is -3.28. The number of aromatic nitrogens is 3. The highest BCUT2D eigenvalue weighted by Crippen LogP contribution is 2.15. The summed E-state index contributed by atoms with van der Waals surface area (Å²) in [6.07, 6.45) is 0.412. The number of rotatable bonds is 5. The number of nitrogens with zero attached hydrogens (tertiary/aromatic N) is 3. The van der Waals surface area contributed by atoms with Gasteiger partial charge >= 0.3 is 5.97 Å². The van der Waals surface area contributed by atoms with Crippen molar-refractivity contribution in [3.63, 3.8) is 0 Å². The van der Waals surface area contributed by atoms with E-state index in [1.54, 1.807) is 13.0 Å². The lowest BCUT2D eigenvalue weighted by Crippen LogP contribution is -2.25. The van der Waals surface area contributed by atoms with Gasteiger partial charge in [0.2, 0.25) is 5.78 Å². The molecule has 0 N–H and O–H groups in total. The number of aryl methyl sites for hydroxylation is 2. The third-order valence-corrected chi connectivity index (χ3v) is 4.00. The van der Waals surface area contributed by atoms with Gasteiger partial charge in [-0.05, 0) is 44.5 Å². The third-order valence-electron chi connectivity index (χ3n) is 4.00. The van der Waals surface area contributed by atoms with Crippen molar-refractivity contribution in [2.45, 2.75) is 26.9 Å². The first-order valence-corrected chi connectivity index (χ1v) is 8.26. The first-order chi connectivity index (χ1) is 12.5. The van der Waals surface area contributed by atoms with Gasteiger partial charge in [0.15, 0.2) is 11.8 Å². The van der Waals surface area contributed by atoms with E-state index in [0.29, 0.717) is 5.56 Å². The molecule has 0 aliphatic heterocycles. The summed E-state index contributed by atoms with van der Waals surface area (Å²) >= 11 is 0. The minimum Gasteiger partial charge on any atom is -0.449 e. The number of Topliss-reactive ketones (excluding diaryl/α,β-unsaturated/α-hetero) is 1. The average molecular weight is 349 g/mol. The molecule has 1 unspecified atom stereocenters. The van der Waals surface area contributed by atoms with Crippen molar-refractivity contribution in [1.82, 2.24) is 15.0 Å². The Labute approximate surface area is 151 Å². The maximum Gasteiger partial charge on any atom is 0.361 e. The van der Waals surface area contributed by atoms with E-state index in [0.717, 1.165) is 16.8 Å². The van der Waals surface area contributed by atoms with Gasteiger partial charge in [-0.25, -0.2) is 4.79 Å². The average Bonchev–Trinajstić information content (AvgIpc) is 3.14. The second-order valence-corrected chi connectivity index (χ2v) is 6.08. The molecular weight excluding hydrogens is 330 g/mol. The number of hydrogen-bond donors (Lipinski definition) is 0. The van der Waals surface area contributed by atoms with E-state index in [1.165, 1.54) is 11.0 Å². The number of hydrogen-bond acceptors (Lipinski definition) is 5. The lowest BCUT2D eigenvalue weighted by atomic mass is 9.99. The Balaban J connectivity index is 1.72. The molecule has 2 aromatic carbocycles. The predicted molar refractivity (Wildman–Crippen MR) is 96.5 cm³/mol. The predicted octanol–water partition coefficient (Wildman–Crippen LogP) is 3.31. The molecule has 1 aromatic heterocycles. The van der Waals surface area contributed by atoms with E-state index in [-0.39, 0.29) is 11.5 Å². The SMILES string of the molecule is Cc1ccc(C)c(C(=O)C(C)OC(=O)c2cnn(-c3ccccc3)n2)c1. The van der Waals surface area contributed by atoms with Crippen LogP contribution in [0.5, 0.6) is 0 Å². The van der Waals surface area contributed by atoms with E-state index < -0.39 is 12.1 Å². The van der Waals surface area contributed by atoms with Crippen LogP contribution in [0.4, 0.5) is 0 Å². The van der Waals surface area contributed by atoms with Gasteiger partial charge in [-0.2, -0.15) is 9.90 Å². The molecule has 1 heterocycles. The zero-order valence-corrected chi connectivity index (χ0v) is 14.8. The van der Waals surface area contributed by atoms with E-state index in [9.17, 15) is 9.59 Å². The summed E-state index contributed by atoms with van der Waals surface area (Å²) in [6.45, 7) is 5.32. The normalized spacial score (nSPS) is 11.8. The van der Waals surface area contributed by atoms with E-state index in [1.807, 2.05) is 56.3 Å². The molecule has 0 amide bonds. The summed E-state index contributed by atoms with van der Waals surface area (Å²) in [5.74, 6) is -0.923. The fraction of sp³-hybridized carbons (Fsp3) is 0.200. The van der Waals surface area contributed by atoms with Crippen LogP contribution in [-0.4, -0.2) is 32.9 Å². The number of carbonyl (C=O) groups excluding carboxylic acids is 2. The van der Waals surface area contributed by atoms with Crippen LogP contribution in [0.15, 0.2) is 54.7 Å². The molecule has 6 nitrogen and oxygen atoms in total. The van der Waals surface area contributed by atoms with Crippen molar-refractivity contribution < 1.29 is 14.3 Å². The van der Waals surface area contributed by atoms with Gasteiger partial charge in [0.05, 0.1) is 11.9 Å². The van der Waals surface area contributed by atoms with Gasteiger partial charge in [-0.3, -0.25) is 4.79 Å². The van der Waals surface area contributed by atoms with E-state index in [2.05, 4.69) is 10.2 Å². The minimum atomic E-state index is -0.912. The smallest absolute Gasteiger partial charge is 0.361 e. The Bertz CT molecular complexity index is 948. The summed E-state index contributed by atoms with van der Waals surface area (Å²) in [4.78, 5) is 26.2. The molecule has 0 aliphatic rings. The summed E-state index contributed by atoms with van der Waals surface area (Å²) in [5, 5.41) is 8.18. The van der Waals surface area contributed by atoms with Crippen molar-refractivity contribution in [2.75, 3.05) is 0 Å². The summed E-state index contributed by atoms with van der Waals surface area (Å²) in [6, 6.07) is 14.8. The van der Waals surface area contributed by atoms with Crippen molar-refractivity contribution >= 4 is 11.8 Å². The van der Waals surface area contributed by atoms with Crippen LogP contribution in [-0.2, 0) is 4.74 Å². The van der Waals surface area contributed by atoms with Crippen molar-refractivity contribution in [1.29, 1.82) is 0 Å². The fourth-order valence-corrected chi connectivity index (χ4v) is 2.54. The molecule has 132 valence electrons. The van der Waals surface area contributed by atoms with Gasteiger partial charge < -0.3 is 4.74 Å². The van der Waals surface area contributed by atoms with Crippen molar-refractivity contribution in [3.8, 4) is 5.69 Å². The summed E-state index contributed by atoms with van der Waals surface area (Å²) < 4.78 is 5.29. The monoisotopic (exact) mass is 349 g/mol. The van der Waals surface area contributed by atoms with Gasteiger partial charge in [0.1, 0.15) is 0 Å². The quantitative estimate of drug-likeness (QED) is 0.522. The second kappa shape index (κ2) is 7.31. The molecule has 0 saturated carbocycles. The topological polar surface area (TPSA) is 74.1 Å². The highest BCUT2D eigenvalue weighted by Gasteiger charge is 2.23.